The van der Waals surface area contributed by atoms with Crippen LogP contribution in [-0.4, -0.2) is 17.6 Å². The summed E-state index contributed by atoms with van der Waals surface area (Å²) in [6.07, 6.45) is 1.88. The van der Waals surface area contributed by atoms with E-state index in [4.69, 9.17) is 17.0 Å². The van der Waals surface area contributed by atoms with Gasteiger partial charge in [0.15, 0.2) is 0 Å². The fraction of sp³-hybridized carbons (Fsp3) is 0.286. The molecule has 0 bridgehead atoms. The Morgan fingerprint density at radius 3 is 2.94 bits per heavy atom. The van der Waals surface area contributed by atoms with Crippen LogP contribution in [0.1, 0.15) is 30.3 Å². The Morgan fingerprint density at radius 1 is 1.39 bits per heavy atom. The van der Waals surface area contributed by atoms with E-state index in [0.29, 0.717) is 16.9 Å². The van der Waals surface area contributed by atoms with E-state index in [1.807, 2.05) is 24.3 Å². The Morgan fingerprint density at radius 2 is 2.17 bits per heavy atom. The first-order valence-electron chi connectivity index (χ1n) is 6.01. The topological polar surface area (TPSA) is 42.1 Å². The summed E-state index contributed by atoms with van der Waals surface area (Å²) in [5.74, 6) is -0.347. The molecule has 3 nitrogen and oxygen atoms in total. The Labute approximate surface area is 111 Å². The number of fused-ring (bicyclic) bond motifs is 1. The summed E-state index contributed by atoms with van der Waals surface area (Å²) in [5.41, 5.74) is 0.412. The van der Waals surface area contributed by atoms with E-state index in [1.165, 1.54) is 0 Å². The molecule has 0 unspecified atom stereocenters. The van der Waals surface area contributed by atoms with E-state index in [0.717, 1.165) is 23.6 Å². The molecular formula is C14H15NO2S. The second-order valence-electron chi connectivity index (χ2n) is 4.09. The van der Waals surface area contributed by atoms with Crippen LogP contribution in [0.3, 0.4) is 0 Å². The zero-order valence-electron chi connectivity index (χ0n) is 10.2. The maximum absolute atomic E-state index is 11.8. The van der Waals surface area contributed by atoms with E-state index < -0.39 is 0 Å². The second-order valence-corrected chi connectivity index (χ2v) is 4.50. The van der Waals surface area contributed by atoms with Crippen molar-refractivity contribution in [1.29, 1.82) is 0 Å². The molecule has 1 heterocycles. The molecule has 0 saturated heterocycles. The van der Waals surface area contributed by atoms with Crippen LogP contribution in [0, 0.1) is 4.64 Å². The number of nitrogens with one attached hydrogen (secondary N) is 1. The first kappa shape index (κ1) is 12.8. The van der Waals surface area contributed by atoms with Crippen LogP contribution in [0.2, 0.25) is 0 Å². The highest BCUT2D eigenvalue weighted by molar-refractivity contribution is 7.71. The molecule has 2 rings (SSSR count). The molecule has 0 spiro atoms. The minimum absolute atomic E-state index is 0.347. The van der Waals surface area contributed by atoms with Crippen molar-refractivity contribution in [2.75, 3.05) is 6.61 Å². The molecule has 0 fully saturated rings. The number of unbranched alkanes of at least 4 members (excludes halogenated alkanes) is 1. The smallest absolute Gasteiger partial charge is 0.354 e. The molecule has 1 aromatic heterocycles. The predicted molar refractivity (Wildman–Crippen MR) is 74.3 cm³/mol. The van der Waals surface area contributed by atoms with Crippen LogP contribution >= 0.6 is 12.2 Å². The van der Waals surface area contributed by atoms with Crippen molar-refractivity contribution in [3.05, 3.63) is 40.7 Å². The minimum Gasteiger partial charge on any atom is -0.461 e. The molecule has 0 aliphatic rings. The molecule has 1 aromatic carbocycles. The third kappa shape index (κ3) is 2.76. The van der Waals surface area contributed by atoms with Crippen LogP contribution in [0.5, 0.6) is 0 Å². The zero-order valence-corrected chi connectivity index (χ0v) is 11.0. The Kier molecular flexibility index (Phi) is 4.10. The normalized spacial score (nSPS) is 10.5. The number of aromatic amines is 1. The van der Waals surface area contributed by atoms with Gasteiger partial charge in [-0.2, -0.15) is 0 Å². The van der Waals surface area contributed by atoms with E-state index in [-0.39, 0.29) is 5.97 Å². The molecule has 1 N–H and O–H groups in total. The van der Waals surface area contributed by atoms with Crippen molar-refractivity contribution < 1.29 is 9.53 Å². The lowest BCUT2D eigenvalue weighted by molar-refractivity contribution is 0.0493. The van der Waals surface area contributed by atoms with Crippen molar-refractivity contribution in [2.24, 2.45) is 0 Å². The summed E-state index contributed by atoms with van der Waals surface area (Å²) in [7, 11) is 0. The van der Waals surface area contributed by atoms with Gasteiger partial charge in [-0.15, -0.1) is 0 Å². The Bertz CT molecular complexity index is 618. The van der Waals surface area contributed by atoms with Crippen LogP contribution < -0.4 is 0 Å². The number of carbonyl (C=O) groups is 1. The predicted octanol–water partition coefficient (Wildman–Crippen LogP) is 3.85. The fourth-order valence-electron chi connectivity index (χ4n) is 1.71. The van der Waals surface area contributed by atoms with Gasteiger partial charge in [-0.25, -0.2) is 4.79 Å². The minimum atomic E-state index is -0.347. The van der Waals surface area contributed by atoms with E-state index >= 15 is 0 Å². The molecule has 18 heavy (non-hydrogen) atoms. The molecule has 0 saturated carbocycles. The lowest BCUT2D eigenvalue weighted by atomic mass is 10.1. The van der Waals surface area contributed by atoms with Gasteiger partial charge in [0, 0.05) is 5.39 Å². The molecule has 94 valence electrons. The average molecular weight is 261 g/mol. The summed E-state index contributed by atoms with van der Waals surface area (Å²) < 4.78 is 5.72. The van der Waals surface area contributed by atoms with Gasteiger partial charge in [-0.1, -0.05) is 49.8 Å². The van der Waals surface area contributed by atoms with Gasteiger partial charge in [-0.3, -0.25) is 0 Å². The Hall–Kier alpha value is -1.68. The van der Waals surface area contributed by atoms with Gasteiger partial charge in [-0.05, 0) is 17.9 Å². The van der Waals surface area contributed by atoms with Gasteiger partial charge >= 0.3 is 5.97 Å². The van der Waals surface area contributed by atoms with Crippen molar-refractivity contribution in [3.63, 3.8) is 0 Å². The number of hydrogen-bond donors (Lipinski definition) is 1. The summed E-state index contributed by atoms with van der Waals surface area (Å²) in [6, 6.07) is 9.48. The molecule has 0 aliphatic heterocycles. The number of carbonyl (C=O) groups excluding carboxylic acids is 1. The number of benzene rings is 1. The number of rotatable bonds is 4. The first-order chi connectivity index (χ1) is 8.72. The monoisotopic (exact) mass is 261 g/mol. The number of ether oxygens (including phenoxy) is 1. The lowest BCUT2D eigenvalue weighted by Gasteiger charge is -2.05. The first-order valence-corrected chi connectivity index (χ1v) is 6.42. The Balaban J connectivity index is 2.29. The van der Waals surface area contributed by atoms with Gasteiger partial charge in [0.2, 0.25) is 0 Å². The maximum Gasteiger partial charge on any atom is 0.354 e. The van der Waals surface area contributed by atoms with Gasteiger partial charge in [0.1, 0.15) is 10.3 Å². The summed E-state index contributed by atoms with van der Waals surface area (Å²) in [5, 5.41) is 1.89. The van der Waals surface area contributed by atoms with E-state index in [9.17, 15) is 4.79 Å². The number of hydrogen-bond acceptors (Lipinski definition) is 3. The fourth-order valence-corrected chi connectivity index (χ4v) is 2.00. The maximum atomic E-state index is 11.8. The van der Waals surface area contributed by atoms with Crippen LogP contribution in [-0.2, 0) is 4.74 Å². The lowest BCUT2D eigenvalue weighted by Crippen LogP contribution is -2.08. The summed E-state index contributed by atoms with van der Waals surface area (Å²) >= 11 is 5.23. The van der Waals surface area contributed by atoms with Gasteiger partial charge in [0.05, 0.1) is 6.61 Å². The third-order valence-electron chi connectivity index (χ3n) is 2.70. The molecule has 0 radical (unpaired) electrons. The molecule has 0 atom stereocenters. The molecular weight excluding hydrogens is 246 g/mol. The zero-order chi connectivity index (χ0) is 13.0. The van der Waals surface area contributed by atoms with Crippen molar-refractivity contribution in [2.45, 2.75) is 19.8 Å². The van der Waals surface area contributed by atoms with Crippen molar-refractivity contribution >= 4 is 29.0 Å². The highest BCUT2D eigenvalue weighted by Gasteiger charge is 2.09. The van der Waals surface area contributed by atoms with E-state index in [1.54, 1.807) is 6.07 Å². The number of pyridine rings is 1. The molecule has 0 aliphatic carbocycles. The third-order valence-corrected chi connectivity index (χ3v) is 3.03. The number of aromatic nitrogens is 1. The highest BCUT2D eigenvalue weighted by Crippen LogP contribution is 2.16. The van der Waals surface area contributed by atoms with Crippen LogP contribution in [0.15, 0.2) is 30.3 Å². The quantitative estimate of drug-likeness (QED) is 0.516. The SMILES string of the molecule is CCCCOC(=O)c1cc2ccccc2c(=S)[nH]1. The molecule has 2 aromatic rings. The second kappa shape index (κ2) is 5.78. The van der Waals surface area contributed by atoms with Crippen LogP contribution in [0.25, 0.3) is 10.8 Å². The molecule has 0 amide bonds. The van der Waals surface area contributed by atoms with Crippen molar-refractivity contribution in [1.82, 2.24) is 4.98 Å². The largest absolute Gasteiger partial charge is 0.461 e. The van der Waals surface area contributed by atoms with Crippen molar-refractivity contribution in [3.8, 4) is 0 Å². The van der Waals surface area contributed by atoms with E-state index in [2.05, 4.69) is 11.9 Å². The van der Waals surface area contributed by atoms with Crippen LogP contribution in [0.4, 0.5) is 0 Å². The highest BCUT2D eigenvalue weighted by atomic mass is 32.1. The summed E-state index contributed by atoms with van der Waals surface area (Å²) in [6.45, 7) is 2.50. The average Bonchev–Trinajstić information content (AvgIpc) is 2.39. The summed E-state index contributed by atoms with van der Waals surface area (Å²) in [4.78, 5) is 14.7. The van der Waals surface area contributed by atoms with Gasteiger partial charge < -0.3 is 9.72 Å². The standard InChI is InChI=1S/C14H15NO2S/c1-2-3-8-17-14(16)12-9-10-6-4-5-7-11(10)13(18)15-12/h4-7,9H,2-3,8H2,1H3,(H,15,18). The number of H-pyrrole nitrogens is 1. The molecule has 4 heteroatoms. The number of esters is 1. The van der Waals surface area contributed by atoms with Gasteiger partial charge in [0.25, 0.3) is 0 Å².